The van der Waals surface area contributed by atoms with Gasteiger partial charge in [-0.15, -0.1) is 0 Å². The molecule has 0 bridgehead atoms. The van der Waals surface area contributed by atoms with Crippen LogP contribution in [0.5, 0.6) is 0 Å². The fourth-order valence-electron chi connectivity index (χ4n) is 1.26. The molecule has 0 saturated carbocycles. The Balaban J connectivity index is 3.07. The van der Waals surface area contributed by atoms with E-state index < -0.39 is 0 Å². The predicted molar refractivity (Wildman–Crippen MR) is 46.6 cm³/mol. The third-order valence-corrected chi connectivity index (χ3v) is 2.11. The van der Waals surface area contributed by atoms with E-state index in [9.17, 15) is 4.39 Å². The van der Waals surface area contributed by atoms with Crippen molar-refractivity contribution >= 4 is 0 Å². The van der Waals surface area contributed by atoms with Gasteiger partial charge in [-0.3, -0.25) is 0 Å². The first-order valence-electron chi connectivity index (χ1n) is 4.02. The van der Waals surface area contributed by atoms with Gasteiger partial charge in [0, 0.05) is 12.5 Å². The second kappa shape index (κ2) is 3.68. The Morgan fingerprint density at radius 2 is 2.17 bits per heavy atom. The van der Waals surface area contributed by atoms with Crippen molar-refractivity contribution < 1.29 is 9.50 Å². The van der Waals surface area contributed by atoms with Crippen LogP contribution in [-0.4, -0.2) is 11.7 Å². The van der Waals surface area contributed by atoms with Gasteiger partial charge in [-0.05, 0) is 24.1 Å². The molecule has 1 unspecified atom stereocenters. The van der Waals surface area contributed by atoms with Gasteiger partial charge in [0.25, 0.3) is 0 Å². The quantitative estimate of drug-likeness (QED) is 0.718. The molecule has 12 heavy (non-hydrogen) atoms. The van der Waals surface area contributed by atoms with Gasteiger partial charge in [-0.2, -0.15) is 0 Å². The van der Waals surface area contributed by atoms with Gasteiger partial charge in [0.15, 0.2) is 0 Å². The molecule has 1 nitrogen and oxygen atoms in total. The molecule has 0 amide bonds. The third kappa shape index (κ3) is 1.64. The SMILES string of the molecule is Cc1c(F)cccc1C(C)CO. The maximum atomic E-state index is 13.0. The minimum absolute atomic E-state index is 0.0145. The lowest BCUT2D eigenvalue weighted by atomic mass is 9.97. The van der Waals surface area contributed by atoms with Crippen LogP contribution in [0.1, 0.15) is 24.0 Å². The summed E-state index contributed by atoms with van der Waals surface area (Å²) in [5.41, 5.74) is 1.52. The second-order valence-electron chi connectivity index (χ2n) is 3.04. The van der Waals surface area contributed by atoms with Crippen molar-refractivity contribution in [2.45, 2.75) is 19.8 Å². The van der Waals surface area contributed by atoms with Crippen molar-refractivity contribution in [1.82, 2.24) is 0 Å². The first-order chi connectivity index (χ1) is 5.66. The van der Waals surface area contributed by atoms with Crippen molar-refractivity contribution in [3.05, 3.63) is 35.1 Å². The summed E-state index contributed by atoms with van der Waals surface area (Å²) in [6.07, 6.45) is 0. The lowest BCUT2D eigenvalue weighted by molar-refractivity contribution is 0.272. The smallest absolute Gasteiger partial charge is 0.126 e. The molecule has 66 valence electrons. The summed E-state index contributed by atoms with van der Waals surface area (Å²) in [6.45, 7) is 3.67. The minimum atomic E-state index is -0.201. The molecule has 1 aromatic rings. The highest BCUT2D eigenvalue weighted by atomic mass is 19.1. The highest BCUT2D eigenvalue weighted by Crippen LogP contribution is 2.20. The molecule has 1 N–H and O–H groups in total. The molecule has 0 saturated heterocycles. The maximum absolute atomic E-state index is 13.0. The number of benzene rings is 1. The van der Waals surface area contributed by atoms with Crippen molar-refractivity contribution in [3.63, 3.8) is 0 Å². The minimum Gasteiger partial charge on any atom is -0.396 e. The van der Waals surface area contributed by atoms with E-state index in [0.29, 0.717) is 5.56 Å². The molecule has 1 atom stereocenters. The summed E-state index contributed by atoms with van der Waals surface area (Å²) in [5.74, 6) is -0.187. The zero-order chi connectivity index (χ0) is 9.14. The molecule has 0 fully saturated rings. The van der Waals surface area contributed by atoms with Gasteiger partial charge < -0.3 is 5.11 Å². The summed E-state index contributed by atoms with van der Waals surface area (Å²) < 4.78 is 13.0. The van der Waals surface area contributed by atoms with Crippen LogP contribution in [0.25, 0.3) is 0 Å². The summed E-state index contributed by atoms with van der Waals surface area (Å²) >= 11 is 0. The lowest BCUT2D eigenvalue weighted by Gasteiger charge is -2.11. The summed E-state index contributed by atoms with van der Waals surface area (Å²) in [4.78, 5) is 0. The molecule has 0 aromatic heterocycles. The van der Waals surface area contributed by atoms with Crippen LogP contribution in [0.2, 0.25) is 0 Å². The molecule has 0 aliphatic rings. The van der Waals surface area contributed by atoms with E-state index >= 15 is 0 Å². The van der Waals surface area contributed by atoms with Crippen LogP contribution >= 0.6 is 0 Å². The zero-order valence-corrected chi connectivity index (χ0v) is 7.34. The highest BCUT2D eigenvalue weighted by molar-refractivity contribution is 5.30. The van der Waals surface area contributed by atoms with Crippen LogP contribution in [-0.2, 0) is 0 Å². The number of rotatable bonds is 2. The first-order valence-corrected chi connectivity index (χ1v) is 4.02. The lowest BCUT2D eigenvalue weighted by Crippen LogP contribution is -2.02. The topological polar surface area (TPSA) is 20.2 Å². The Labute approximate surface area is 71.9 Å². The molecule has 1 aromatic carbocycles. The number of aliphatic hydroxyl groups is 1. The number of hydrogen-bond acceptors (Lipinski definition) is 1. The molecule has 0 spiro atoms. The molecular formula is C10H13FO. The Morgan fingerprint density at radius 1 is 1.50 bits per heavy atom. The van der Waals surface area contributed by atoms with Crippen LogP contribution in [0.3, 0.4) is 0 Å². The van der Waals surface area contributed by atoms with E-state index in [0.717, 1.165) is 5.56 Å². The summed E-state index contributed by atoms with van der Waals surface area (Å²) in [7, 11) is 0. The van der Waals surface area contributed by atoms with E-state index in [1.54, 1.807) is 13.0 Å². The van der Waals surface area contributed by atoms with E-state index in [-0.39, 0.29) is 18.3 Å². The Morgan fingerprint density at radius 3 is 2.75 bits per heavy atom. The fourth-order valence-corrected chi connectivity index (χ4v) is 1.26. The second-order valence-corrected chi connectivity index (χ2v) is 3.04. The fraction of sp³-hybridized carbons (Fsp3) is 0.400. The van der Waals surface area contributed by atoms with E-state index in [4.69, 9.17) is 5.11 Å². The normalized spacial score (nSPS) is 13.0. The molecule has 2 heteroatoms. The van der Waals surface area contributed by atoms with E-state index in [1.807, 2.05) is 13.0 Å². The van der Waals surface area contributed by atoms with Crippen LogP contribution in [0.15, 0.2) is 18.2 Å². The Hall–Kier alpha value is -0.890. The monoisotopic (exact) mass is 168 g/mol. The molecule has 0 aliphatic heterocycles. The number of halogens is 1. The average molecular weight is 168 g/mol. The van der Waals surface area contributed by atoms with Crippen LogP contribution < -0.4 is 0 Å². The maximum Gasteiger partial charge on any atom is 0.126 e. The van der Waals surface area contributed by atoms with Gasteiger partial charge >= 0.3 is 0 Å². The number of hydrogen-bond donors (Lipinski definition) is 1. The molecule has 0 aliphatic carbocycles. The molecular weight excluding hydrogens is 155 g/mol. The van der Waals surface area contributed by atoms with Gasteiger partial charge in [0.05, 0.1) is 0 Å². The molecule has 1 rings (SSSR count). The van der Waals surface area contributed by atoms with Crippen LogP contribution in [0, 0.1) is 12.7 Å². The van der Waals surface area contributed by atoms with Gasteiger partial charge in [-0.1, -0.05) is 19.1 Å². The largest absolute Gasteiger partial charge is 0.396 e. The number of aliphatic hydroxyl groups excluding tert-OH is 1. The predicted octanol–water partition coefficient (Wildman–Crippen LogP) is 2.23. The van der Waals surface area contributed by atoms with Gasteiger partial charge in [0.1, 0.15) is 5.82 Å². The van der Waals surface area contributed by atoms with Crippen LogP contribution in [0.4, 0.5) is 4.39 Å². The van der Waals surface area contributed by atoms with Gasteiger partial charge in [0.2, 0.25) is 0 Å². The van der Waals surface area contributed by atoms with Crippen molar-refractivity contribution in [3.8, 4) is 0 Å². The Kier molecular flexibility index (Phi) is 2.82. The summed E-state index contributed by atoms with van der Waals surface area (Å²) in [5, 5.41) is 8.88. The van der Waals surface area contributed by atoms with Crippen molar-refractivity contribution in [2.75, 3.05) is 6.61 Å². The standard InChI is InChI=1S/C10H13FO/c1-7(6-12)9-4-3-5-10(11)8(9)2/h3-5,7,12H,6H2,1-2H3. The van der Waals surface area contributed by atoms with Crippen molar-refractivity contribution in [1.29, 1.82) is 0 Å². The van der Waals surface area contributed by atoms with E-state index in [1.165, 1.54) is 6.07 Å². The third-order valence-electron chi connectivity index (χ3n) is 2.11. The average Bonchev–Trinajstić information content (AvgIpc) is 2.08. The summed E-state index contributed by atoms with van der Waals surface area (Å²) in [6, 6.07) is 4.95. The molecule has 0 heterocycles. The first kappa shape index (κ1) is 9.20. The van der Waals surface area contributed by atoms with E-state index in [2.05, 4.69) is 0 Å². The zero-order valence-electron chi connectivity index (χ0n) is 7.34. The Bertz CT molecular complexity index is 271. The molecule has 0 radical (unpaired) electrons. The highest BCUT2D eigenvalue weighted by Gasteiger charge is 2.09. The van der Waals surface area contributed by atoms with Crippen molar-refractivity contribution in [2.24, 2.45) is 0 Å². The van der Waals surface area contributed by atoms with Gasteiger partial charge in [-0.25, -0.2) is 4.39 Å².